The van der Waals surface area contributed by atoms with E-state index in [1.807, 2.05) is 54.6 Å². The first-order chi connectivity index (χ1) is 11.7. The molecule has 0 atom stereocenters. The Hall–Kier alpha value is -3.34. The fourth-order valence-electron chi connectivity index (χ4n) is 2.32. The van der Waals surface area contributed by atoms with E-state index >= 15 is 0 Å². The lowest BCUT2D eigenvalue weighted by Gasteiger charge is -2.21. The lowest BCUT2D eigenvalue weighted by Crippen LogP contribution is -2.28. The van der Waals surface area contributed by atoms with E-state index in [9.17, 15) is 4.79 Å². The van der Waals surface area contributed by atoms with Crippen LogP contribution in [-0.2, 0) is 4.79 Å². The largest absolute Gasteiger partial charge is 0.457 e. The maximum Gasteiger partial charge on any atom is 0.237 e. The summed E-state index contributed by atoms with van der Waals surface area (Å²) >= 11 is 0. The molecule has 2 N–H and O–H groups in total. The van der Waals surface area contributed by atoms with Crippen molar-refractivity contribution >= 4 is 17.8 Å². The molecule has 0 saturated heterocycles. The predicted molar refractivity (Wildman–Crippen MR) is 94.5 cm³/mol. The molecule has 0 aliphatic carbocycles. The van der Waals surface area contributed by atoms with Crippen molar-refractivity contribution in [3.63, 3.8) is 0 Å². The number of allylic oxidation sites excluding steroid dienone is 1. The summed E-state index contributed by atoms with van der Waals surface area (Å²) in [5.41, 5.74) is 7.04. The van der Waals surface area contributed by atoms with Gasteiger partial charge in [-0.2, -0.15) is 0 Å². The number of nitrogens with zero attached hydrogens (tertiary/aromatic N) is 2. The van der Waals surface area contributed by atoms with Gasteiger partial charge in [0.2, 0.25) is 5.91 Å². The van der Waals surface area contributed by atoms with Crippen LogP contribution in [0.3, 0.4) is 0 Å². The van der Waals surface area contributed by atoms with Crippen molar-refractivity contribution in [1.29, 1.82) is 0 Å². The molecule has 0 radical (unpaired) electrons. The van der Waals surface area contributed by atoms with Crippen molar-refractivity contribution < 1.29 is 9.53 Å². The maximum atomic E-state index is 11.3. The van der Waals surface area contributed by atoms with E-state index in [2.05, 4.69) is 4.99 Å². The number of hydrogen-bond acceptors (Lipinski definition) is 4. The van der Waals surface area contributed by atoms with Crippen LogP contribution in [0.2, 0.25) is 0 Å². The van der Waals surface area contributed by atoms with E-state index in [1.165, 1.54) is 0 Å². The monoisotopic (exact) mass is 319 g/mol. The quantitative estimate of drug-likeness (QED) is 0.920. The SMILES string of the molecule is NC(=O)CN1C=CC=NC=C1c1ccc(Oc2ccccc2)cc1. The summed E-state index contributed by atoms with van der Waals surface area (Å²) in [5, 5.41) is 0. The Kier molecular flexibility index (Phi) is 4.72. The van der Waals surface area contributed by atoms with Gasteiger partial charge in [0.05, 0.1) is 11.9 Å². The molecule has 5 heteroatoms. The summed E-state index contributed by atoms with van der Waals surface area (Å²) in [7, 11) is 0. The Balaban J connectivity index is 1.81. The van der Waals surface area contributed by atoms with Crippen LogP contribution in [0.5, 0.6) is 11.5 Å². The highest BCUT2D eigenvalue weighted by Crippen LogP contribution is 2.26. The van der Waals surface area contributed by atoms with Gasteiger partial charge in [-0.25, -0.2) is 0 Å². The van der Waals surface area contributed by atoms with Crippen molar-refractivity contribution in [3.8, 4) is 11.5 Å². The number of ether oxygens (including phenoxy) is 1. The zero-order valence-corrected chi connectivity index (χ0v) is 13.0. The second kappa shape index (κ2) is 7.28. The van der Waals surface area contributed by atoms with Crippen molar-refractivity contribution in [2.24, 2.45) is 10.7 Å². The highest BCUT2D eigenvalue weighted by atomic mass is 16.5. The number of primary amides is 1. The molecule has 1 amide bonds. The van der Waals surface area contributed by atoms with E-state index in [4.69, 9.17) is 10.5 Å². The molecular formula is C19H17N3O2. The molecule has 5 nitrogen and oxygen atoms in total. The molecule has 0 bridgehead atoms. The lowest BCUT2D eigenvalue weighted by molar-refractivity contribution is -0.118. The van der Waals surface area contributed by atoms with Crippen molar-refractivity contribution in [3.05, 3.63) is 78.6 Å². The molecular weight excluding hydrogens is 302 g/mol. The summed E-state index contributed by atoms with van der Waals surface area (Å²) in [6, 6.07) is 17.2. The van der Waals surface area contributed by atoms with Crippen LogP contribution in [0.15, 0.2) is 78.1 Å². The highest BCUT2D eigenvalue weighted by molar-refractivity contribution is 5.81. The van der Waals surface area contributed by atoms with Gasteiger partial charge in [-0.05, 0) is 48.0 Å². The zero-order chi connectivity index (χ0) is 16.8. The number of para-hydroxylation sites is 1. The number of nitrogens with two attached hydrogens (primary N) is 1. The van der Waals surface area contributed by atoms with Crippen molar-refractivity contribution in [2.45, 2.75) is 0 Å². The van der Waals surface area contributed by atoms with E-state index in [0.717, 1.165) is 22.8 Å². The Morgan fingerprint density at radius 3 is 2.46 bits per heavy atom. The molecule has 2 aromatic carbocycles. The maximum absolute atomic E-state index is 11.3. The van der Waals surface area contributed by atoms with Gasteiger partial charge in [-0.3, -0.25) is 9.79 Å². The predicted octanol–water partition coefficient (Wildman–Crippen LogP) is 3.16. The number of hydrogen-bond donors (Lipinski definition) is 1. The second-order valence-corrected chi connectivity index (χ2v) is 5.19. The summed E-state index contributed by atoms with van der Waals surface area (Å²) in [5.74, 6) is 1.11. The summed E-state index contributed by atoms with van der Waals surface area (Å²) in [6.07, 6.45) is 6.91. The van der Waals surface area contributed by atoms with Crippen LogP contribution >= 0.6 is 0 Å². The van der Waals surface area contributed by atoms with Crippen LogP contribution in [0, 0.1) is 0 Å². The van der Waals surface area contributed by atoms with Crippen LogP contribution in [-0.4, -0.2) is 23.6 Å². The minimum Gasteiger partial charge on any atom is -0.457 e. The molecule has 120 valence electrons. The summed E-state index contributed by atoms with van der Waals surface area (Å²) < 4.78 is 5.79. The van der Waals surface area contributed by atoms with E-state index in [0.29, 0.717) is 0 Å². The van der Waals surface area contributed by atoms with Gasteiger partial charge in [0.25, 0.3) is 0 Å². The number of carbonyl (C=O) groups excluding carboxylic acids is 1. The number of carbonyl (C=O) groups is 1. The summed E-state index contributed by atoms with van der Waals surface area (Å²) in [4.78, 5) is 17.2. The van der Waals surface area contributed by atoms with Crippen LogP contribution in [0.25, 0.3) is 5.70 Å². The van der Waals surface area contributed by atoms with Crippen molar-refractivity contribution in [2.75, 3.05) is 6.54 Å². The van der Waals surface area contributed by atoms with E-state index in [-0.39, 0.29) is 6.54 Å². The molecule has 1 heterocycles. The average Bonchev–Trinajstić information content (AvgIpc) is 2.81. The van der Waals surface area contributed by atoms with Crippen LogP contribution < -0.4 is 10.5 Å². The third-order valence-electron chi connectivity index (χ3n) is 3.40. The van der Waals surface area contributed by atoms with Gasteiger partial charge in [-0.15, -0.1) is 0 Å². The van der Waals surface area contributed by atoms with Crippen molar-refractivity contribution in [1.82, 2.24) is 4.90 Å². The highest BCUT2D eigenvalue weighted by Gasteiger charge is 2.13. The first kappa shape index (κ1) is 15.6. The molecule has 0 spiro atoms. The first-order valence-electron chi connectivity index (χ1n) is 7.51. The van der Waals surface area contributed by atoms with Crippen LogP contribution in [0.4, 0.5) is 0 Å². The third-order valence-corrected chi connectivity index (χ3v) is 3.40. The molecule has 2 aromatic rings. The fraction of sp³-hybridized carbons (Fsp3) is 0.0526. The van der Waals surface area contributed by atoms with Gasteiger partial charge in [0, 0.05) is 12.4 Å². The molecule has 1 aliphatic heterocycles. The van der Waals surface area contributed by atoms with Crippen LogP contribution in [0.1, 0.15) is 5.56 Å². The average molecular weight is 319 g/mol. The Morgan fingerprint density at radius 1 is 1.04 bits per heavy atom. The molecule has 0 aromatic heterocycles. The first-order valence-corrected chi connectivity index (χ1v) is 7.51. The van der Waals surface area contributed by atoms with E-state index in [1.54, 1.807) is 29.6 Å². The Labute approximate surface area is 140 Å². The molecule has 24 heavy (non-hydrogen) atoms. The third kappa shape index (κ3) is 3.89. The molecule has 0 fully saturated rings. The van der Waals surface area contributed by atoms with Gasteiger partial charge < -0.3 is 15.4 Å². The minimum atomic E-state index is -0.406. The second-order valence-electron chi connectivity index (χ2n) is 5.19. The normalized spacial score (nSPS) is 13.3. The molecule has 0 unspecified atom stereocenters. The van der Waals surface area contributed by atoms with Gasteiger partial charge in [0.1, 0.15) is 18.0 Å². The minimum absolute atomic E-state index is 0.0912. The van der Waals surface area contributed by atoms with Gasteiger partial charge in [0.15, 0.2) is 0 Å². The Bertz CT molecular complexity index is 793. The molecule has 1 aliphatic rings. The van der Waals surface area contributed by atoms with E-state index < -0.39 is 5.91 Å². The number of benzene rings is 2. The summed E-state index contributed by atoms with van der Waals surface area (Å²) in [6.45, 7) is 0.0912. The smallest absolute Gasteiger partial charge is 0.237 e. The lowest BCUT2D eigenvalue weighted by atomic mass is 10.1. The number of aliphatic imine (C=N–C) groups is 1. The van der Waals surface area contributed by atoms with Gasteiger partial charge >= 0.3 is 0 Å². The standard InChI is InChI=1S/C19H17N3O2/c20-19(23)14-22-12-4-11-21-13-18(22)15-7-9-17(10-8-15)24-16-5-2-1-3-6-16/h1-13H,14H2,(H2,20,23). The topological polar surface area (TPSA) is 67.9 Å². The number of rotatable bonds is 5. The molecule has 3 rings (SSSR count). The fourth-order valence-corrected chi connectivity index (χ4v) is 2.32. The Morgan fingerprint density at radius 2 is 1.75 bits per heavy atom. The zero-order valence-electron chi connectivity index (χ0n) is 13.0. The van der Waals surface area contributed by atoms with Gasteiger partial charge in [-0.1, -0.05) is 18.2 Å². The molecule has 0 saturated carbocycles. The number of amides is 1.